The van der Waals surface area contributed by atoms with Crippen LogP contribution in [0, 0.1) is 0 Å². The fourth-order valence-corrected chi connectivity index (χ4v) is 2.32. The van der Waals surface area contributed by atoms with Crippen LogP contribution in [-0.4, -0.2) is 12.6 Å². The Morgan fingerprint density at radius 2 is 2.18 bits per heavy atom. The first kappa shape index (κ1) is 14.2. The molecule has 94 valence electrons. The lowest BCUT2D eigenvalue weighted by molar-refractivity contribution is -0.425. The quantitative estimate of drug-likeness (QED) is 0.848. The zero-order chi connectivity index (χ0) is 12.8. The molecule has 4 heteroatoms. The Labute approximate surface area is 110 Å². The average molecular weight is 301 g/mol. The first-order valence-corrected chi connectivity index (χ1v) is 6.64. The average Bonchev–Trinajstić information content (AvgIpc) is 2.29. The standard InChI is InChI=1S/C13H18BrNO2/c1-3-9-5-6-10(7-11(9)14)12(15)8-13(16)17-4-2/h5-7,12H,3-4,8,15H2,1-2H3/p+1/t12-/m1/s1. The molecule has 0 saturated heterocycles. The van der Waals surface area contributed by atoms with Crippen LogP contribution in [0.25, 0.3) is 0 Å². The topological polar surface area (TPSA) is 53.9 Å². The summed E-state index contributed by atoms with van der Waals surface area (Å²) in [5, 5.41) is 0. The van der Waals surface area contributed by atoms with E-state index in [9.17, 15) is 4.79 Å². The third-order valence-electron chi connectivity index (χ3n) is 2.65. The van der Waals surface area contributed by atoms with Gasteiger partial charge in [-0.25, -0.2) is 0 Å². The van der Waals surface area contributed by atoms with Crippen LogP contribution in [0.5, 0.6) is 0 Å². The summed E-state index contributed by atoms with van der Waals surface area (Å²) in [5.74, 6) is -0.191. The Bertz CT molecular complexity index is 393. The van der Waals surface area contributed by atoms with E-state index < -0.39 is 0 Å². The summed E-state index contributed by atoms with van der Waals surface area (Å²) in [6, 6.07) is 6.08. The van der Waals surface area contributed by atoms with Crippen LogP contribution in [0.4, 0.5) is 0 Å². The fourth-order valence-electron chi connectivity index (χ4n) is 1.64. The highest BCUT2D eigenvalue weighted by molar-refractivity contribution is 9.10. The molecule has 0 amide bonds. The van der Waals surface area contributed by atoms with Gasteiger partial charge in [0.15, 0.2) is 0 Å². The molecule has 0 aliphatic heterocycles. The van der Waals surface area contributed by atoms with E-state index in [0.717, 1.165) is 16.5 Å². The normalized spacial score (nSPS) is 12.2. The Morgan fingerprint density at radius 1 is 1.47 bits per heavy atom. The number of carbonyl (C=O) groups is 1. The van der Waals surface area contributed by atoms with Crippen molar-refractivity contribution in [2.75, 3.05) is 6.61 Å². The molecular formula is C13H19BrNO2+. The third-order valence-corrected chi connectivity index (χ3v) is 3.39. The van der Waals surface area contributed by atoms with Crippen LogP contribution in [0.2, 0.25) is 0 Å². The third kappa shape index (κ3) is 4.13. The second-order valence-electron chi connectivity index (χ2n) is 3.91. The first-order chi connectivity index (χ1) is 8.08. The summed E-state index contributed by atoms with van der Waals surface area (Å²) < 4.78 is 6.00. The predicted molar refractivity (Wildman–Crippen MR) is 70.4 cm³/mol. The molecule has 0 aliphatic carbocycles. The lowest BCUT2D eigenvalue weighted by Crippen LogP contribution is -2.54. The van der Waals surface area contributed by atoms with Gasteiger partial charge < -0.3 is 10.5 Å². The molecule has 0 heterocycles. The van der Waals surface area contributed by atoms with Crippen molar-refractivity contribution in [2.45, 2.75) is 32.7 Å². The van der Waals surface area contributed by atoms with E-state index in [4.69, 9.17) is 4.74 Å². The largest absolute Gasteiger partial charge is 0.466 e. The highest BCUT2D eigenvalue weighted by Crippen LogP contribution is 2.22. The van der Waals surface area contributed by atoms with Crippen LogP contribution < -0.4 is 5.73 Å². The monoisotopic (exact) mass is 300 g/mol. The molecule has 0 unspecified atom stereocenters. The summed E-state index contributed by atoms with van der Waals surface area (Å²) in [6.07, 6.45) is 1.31. The van der Waals surface area contributed by atoms with Crippen molar-refractivity contribution >= 4 is 21.9 Å². The molecule has 3 nitrogen and oxygen atoms in total. The van der Waals surface area contributed by atoms with E-state index in [1.54, 1.807) is 0 Å². The van der Waals surface area contributed by atoms with Gasteiger partial charge in [-0.3, -0.25) is 4.79 Å². The molecule has 0 saturated carbocycles. The van der Waals surface area contributed by atoms with Gasteiger partial charge >= 0.3 is 5.97 Å². The number of halogens is 1. The van der Waals surface area contributed by atoms with Crippen LogP contribution in [0.15, 0.2) is 22.7 Å². The van der Waals surface area contributed by atoms with Crippen LogP contribution in [-0.2, 0) is 16.0 Å². The SMILES string of the molecule is CCOC(=O)C[C@@H]([NH3+])c1ccc(CC)c(Br)c1. The molecule has 1 aromatic carbocycles. The molecule has 17 heavy (non-hydrogen) atoms. The van der Waals surface area contributed by atoms with Crippen molar-refractivity contribution in [3.05, 3.63) is 33.8 Å². The predicted octanol–water partition coefficient (Wildman–Crippen LogP) is 2.25. The lowest BCUT2D eigenvalue weighted by Gasteiger charge is -2.10. The van der Waals surface area contributed by atoms with Gasteiger partial charge in [0.1, 0.15) is 12.5 Å². The van der Waals surface area contributed by atoms with Gasteiger partial charge in [-0.1, -0.05) is 35.0 Å². The highest BCUT2D eigenvalue weighted by atomic mass is 79.9. The molecule has 0 spiro atoms. The summed E-state index contributed by atoms with van der Waals surface area (Å²) in [7, 11) is 0. The minimum Gasteiger partial charge on any atom is -0.466 e. The van der Waals surface area contributed by atoms with E-state index >= 15 is 0 Å². The zero-order valence-electron chi connectivity index (χ0n) is 10.3. The second-order valence-corrected chi connectivity index (χ2v) is 4.76. The summed E-state index contributed by atoms with van der Waals surface area (Å²) in [4.78, 5) is 11.4. The molecule has 0 bridgehead atoms. The number of rotatable bonds is 5. The maximum absolute atomic E-state index is 11.4. The number of aryl methyl sites for hydroxylation is 1. The smallest absolute Gasteiger partial charge is 0.312 e. The molecule has 0 aliphatic rings. The molecule has 0 fully saturated rings. The first-order valence-electron chi connectivity index (χ1n) is 5.85. The maximum Gasteiger partial charge on any atom is 0.312 e. The van der Waals surface area contributed by atoms with Crippen molar-refractivity contribution in [2.24, 2.45) is 0 Å². The second kappa shape index (κ2) is 6.77. The van der Waals surface area contributed by atoms with Gasteiger partial charge in [-0.2, -0.15) is 0 Å². The van der Waals surface area contributed by atoms with Gasteiger partial charge in [0, 0.05) is 10.0 Å². The highest BCUT2D eigenvalue weighted by Gasteiger charge is 2.16. The van der Waals surface area contributed by atoms with E-state index in [1.807, 2.05) is 19.1 Å². The molecule has 1 atom stereocenters. The minimum absolute atomic E-state index is 0.0590. The molecule has 0 radical (unpaired) electrons. The molecular weight excluding hydrogens is 282 g/mol. The molecule has 0 aromatic heterocycles. The summed E-state index contributed by atoms with van der Waals surface area (Å²) in [6.45, 7) is 4.34. The lowest BCUT2D eigenvalue weighted by atomic mass is 10.0. The number of esters is 1. The Morgan fingerprint density at radius 3 is 2.71 bits per heavy atom. The van der Waals surface area contributed by atoms with Crippen molar-refractivity contribution in [3.8, 4) is 0 Å². The molecule has 1 aromatic rings. The number of hydrogen-bond acceptors (Lipinski definition) is 2. The summed E-state index contributed by atoms with van der Waals surface area (Å²) >= 11 is 3.53. The number of benzene rings is 1. The maximum atomic E-state index is 11.4. The number of quaternary nitrogens is 1. The van der Waals surface area contributed by atoms with Gasteiger partial charge in [0.25, 0.3) is 0 Å². The van der Waals surface area contributed by atoms with E-state index in [0.29, 0.717) is 13.0 Å². The Balaban J connectivity index is 2.72. The number of hydrogen-bond donors (Lipinski definition) is 1. The van der Waals surface area contributed by atoms with Gasteiger partial charge in [0.2, 0.25) is 0 Å². The Hall–Kier alpha value is -0.870. The van der Waals surface area contributed by atoms with Gasteiger partial charge in [-0.15, -0.1) is 0 Å². The van der Waals surface area contributed by atoms with Crippen molar-refractivity contribution in [1.29, 1.82) is 0 Å². The summed E-state index contributed by atoms with van der Waals surface area (Å²) in [5.41, 5.74) is 6.32. The van der Waals surface area contributed by atoms with Crippen LogP contribution in [0.1, 0.15) is 37.4 Å². The van der Waals surface area contributed by atoms with E-state index in [2.05, 4.69) is 34.7 Å². The zero-order valence-corrected chi connectivity index (χ0v) is 11.9. The number of ether oxygens (including phenoxy) is 1. The van der Waals surface area contributed by atoms with Crippen LogP contribution in [0.3, 0.4) is 0 Å². The van der Waals surface area contributed by atoms with Crippen molar-refractivity contribution in [1.82, 2.24) is 0 Å². The minimum atomic E-state index is -0.191. The van der Waals surface area contributed by atoms with E-state index in [-0.39, 0.29) is 12.0 Å². The van der Waals surface area contributed by atoms with E-state index in [1.165, 1.54) is 5.56 Å². The fraction of sp³-hybridized carbons (Fsp3) is 0.462. The van der Waals surface area contributed by atoms with Crippen molar-refractivity contribution in [3.63, 3.8) is 0 Å². The molecule has 1 rings (SSSR count). The van der Waals surface area contributed by atoms with Crippen molar-refractivity contribution < 1.29 is 15.3 Å². The van der Waals surface area contributed by atoms with Gasteiger partial charge in [0.05, 0.1) is 6.61 Å². The molecule has 3 N–H and O–H groups in total. The Kier molecular flexibility index (Phi) is 5.65. The van der Waals surface area contributed by atoms with Crippen LogP contribution >= 0.6 is 15.9 Å². The van der Waals surface area contributed by atoms with Gasteiger partial charge in [-0.05, 0) is 25.0 Å². The number of carbonyl (C=O) groups excluding carboxylic acids is 1.